The molecule has 0 atom stereocenters. The quantitative estimate of drug-likeness (QED) is 0.283. The maximum Gasteiger partial charge on any atom is 0.303 e. The second-order valence-corrected chi connectivity index (χ2v) is 8.93. The molecule has 0 saturated heterocycles. The van der Waals surface area contributed by atoms with Crippen molar-refractivity contribution in [1.82, 2.24) is 15.3 Å². The first-order valence-corrected chi connectivity index (χ1v) is 11.9. The number of nitrogens with zero attached hydrogens (tertiary/aromatic N) is 2. The molecule has 2 N–H and O–H groups in total. The van der Waals surface area contributed by atoms with E-state index in [2.05, 4.69) is 5.32 Å². The van der Waals surface area contributed by atoms with Gasteiger partial charge in [-0.25, -0.2) is 9.97 Å². The van der Waals surface area contributed by atoms with E-state index >= 15 is 0 Å². The minimum atomic E-state index is -0.811. The molecule has 0 saturated carbocycles. The Labute approximate surface area is 209 Å². The van der Waals surface area contributed by atoms with Gasteiger partial charge >= 0.3 is 5.97 Å². The number of carboxylic acid groups (broad SMARTS) is 1. The number of fused-ring (bicyclic) bond motifs is 1. The van der Waals surface area contributed by atoms with Gasteiger partial charge in [0.25, 0.3) is 5.91 Å². The lowest BCUT2D eigenvalue weighted by Gasteiger charge is -2.11. The van der Waals surface area contributed by atoms with Crippen LogP contribution in [-0.2, 0) is 17.8 Å². The third-order valence-corrected chi connectivity index (χ3v) is 6.00. The molecule has 0 radical (unpaired) electrons. The van der Waals surface area contributed by atoms with Crippen LogP contribution in [0.25, 0.3) is 22.3 Å². The van der Waals surface area contributed by atoms with Gasteiger partial charge < -0.3 is 10.4 Å². The van der Waals surface area contributed by atoms with E-state index < -0.39 is 5.97 Å². The molecule has 1 heterocycles. The molecule has 1 aromatic heterocycles. The number of aliphatic carboxylic acids is 1. The zero-order chi connectivity index (χ0) is 24.8. The van der Waals surface area contributed by atoms with Crippen molar-refractivity contribution in [1.29, 1.82) is 0 Å². The second kappa shape index (κ2) is 11.1. The minimum absolute atomic E-state index is 0.114. The number of aromatic nitrogens is 2. The van der Waals surface area contributed by atoms with Crippen molar-refractivity contribution in [3.8, 4) is 11.3 Å². The predicted molar refractivity (Wildman–Crippen MR) is 138 cm³/mol. The van der Waals surface area contributed by atoms with Crippen molar-refractivity contribution in [2.75, 3.05) is 0 Å². The molecule has 0 spiro atoms. The topological polar surface area (TPSA) is 92.2 Å². The van der Waals surface area contributed by atoms with Crippen molar-refractivity contribution in [3.63, 3.8) is 0 Å². The first-order chi connectivity index (χ1) is 16.9. The lowest BCUT2D eigenvalue weighted by Crippen LogP contribution is -2.22. The average molecular weight is 488 g/mol. The molecule has 35 heavy (non-hydrogen) atoms. The predicted octanol–water partition coefficient (Wildman–Crippen LogP) is 5.99. The highest BCUT2D eigenvalue weighted by Crippen LogP contribution is 2.26. The molecule has 1 amide bonds. The first-order valence-electron chi connectivity index (χ1n) is 11.5. The van der Waals surface area contributed by atoms with Crippen LogP contribution in [0.3, 0.4) is 0 Å². The Balaban J connectivity index is 1.60. The van der Waals surface area contributed by atoms with E-state index in [0.29, 0.717) is 47.4 Å². The van der Waals surface area contributed by atoms with Crippen LogP contribution in [0.2, 0.25) is 5.02 Å². The number of carboxylic acids is 1. The number of hydrogen-bond donors (Lipinski definition) is 2. The Morgan fingerprint density at radius 2 is 1.66 bits per heavy atom. The highest BCUT2D eigenvalue weighted by Gasteiger charge is 2.14. The van der Waals surface area contributed by atoms with Gasteiger partial charge in [-0.3, -0.25) is 9.59 Å². The lowest BCUT2D eigenvalue weighted by atomic mass is 10.0. The van der Waals surface area contributed by atoms with Crippen molar-refractivity contribution in [3.05, 3.63) is 94.1 Å². The van der Waals surface area contributed by atoms with E-state index in [1.807, 2.05) is 43.3 Å². The van der Waals surface area contributed by atoms with Crippen molar-refractivity contribution in [2.24, 2.45) is 0 Å². The van der Waals surface area contributed by atoms with E-state index in [4.69, 9.17) is 26.7 Å². The number of rotatable bonds is 9. The Bertz CT molecular complexity index is 1350. The molecule has 7 heteroatoms. The summed E-state index contributed by atoms with van der Waals surface area (Å²) >= 11 is 6.06. The normalized spacial score (nSPS) is 10.9. The number of halogens is 1. The molecule has 3 aromatic carbocycles. The van der Waals surface area contributed by atoms with Crippen LogP contribution >= 0.6 is 11.6 Å². The fourth-order valence-electron chi connectivity index (χ4n) is 3.80. The van der Waals surface area contributed by atoms with Gasteiger partial charge in [-0.1, -0.05) is 53.6 Å². The first kappa shape index (κ1) is 24.4. The smallest absolute Gasteiger partial charge is 0.303 e. The van der Waals surface area contributed by atoms with Crippen LogP contribution < -0.4 is 5.32 Å². The van der Waals surface area contributed by atoms with Crippen molar-refractivity contribution in [2.45, 2.75) is 39.2 Å². The van der Waals surface area contributed by atoms with Gasteiger partial charge in [-0.15, -0.1) is 0 Å². The van der Waals surface area contributed by atoms with E-state index in [-0.39, 0.29) is 12.3 Å². The lowest BCUT2D eigenvalue weighted by molar-refractivity contribution is -0.137. The maximum atomic E-state index is 12.8. The van der Waals surface area contributed by atoms with Crippen LogP contribution in [0.1, 0.15) is 46.4 Å². The zero-order valence-electron chi connectivity index (χ0n) is 19.4. The maximum absolute atomic E-state index is 12.8. The highest BCUT2D eigenvalue weighted by atomic mass is 35.5. The monoisotopic (exact) mass is 487 g/mol. The molecule has 178 valence electrons. The van der Waals surface area contributed by atoms with Gasteiger partial charge in [0, 0.05) is 29.1 Å². The van der Waals surface area contributed by atoms with Crippen molar-refractivity contribution < 1.29 is 14.7 Å². The molecule has 0 bridgehead atoms. The molecule has 0 fully saturated rings. The largest absolute Gasteiger partial charge is 0.481 e. The summed E-state index contributed by atoms with van der Waals surface area (Å²) < 4.78 is 0. The highest BCUT2D eigenvalue weighted by molar-refractivity contribution is 6.30. The van der Waals surface area contributed by atoms with Gasteiger partial charge in [0.05, 0.1) is 22.4 Å². The molecule has 4 rings (SSSR count). The number of unbranched alkanes of at least 4 members (excludes halogenated alkanes) is 1. The number of carbonyl (C=O) groups excluding carboxylic acids is 1. The van der Waals surface area contributed by atoms with Gasteiger partial charge in [-0.05, 0) is 62.1 Å². The average Bonchev–Trinajstić information content (AvgIpc) is 2.85. The molecular formula is C28H26ClN3O3. The van der Waals surface area contributed by atoms with Crippen LogP contribution in [0.4, 0.5) is 0 Å². The summed E-state index contributed by atoms with van der Waals surface area (Å²) in [5.41, 5.74) is 6.40. The summed E-state index contributed by atoms with van der Waals surface area (Å²) in [4.78, 5) is 33.3. The Kier molecular flexibility index (Phi) is 7.73. The van der Waals surface area contributed by atoms with Crippen molar-refractivity contribution >= 4 is 34.5 Å². The standard InChI is InChI=1S/C28H26ClN3O3/c1-18-6-8-19(9-7-18)17-30-28(35)21-12-15-23-25(16-21)31-24(4-2-3-5-26(33)34)27(32-23)20-10-13-22(29)14-11-20/h6-16H,2-5,17H2,1H3,(H,30,35)(H,33,34). The summed E-state index contributed by atoms with van der Waals surface area (Å²) in [5.74, 6) is -0.993. The molecule has 4 aromatic rings. The summed E-state index contributed by atoms with van der Waals surface area (Å²) in [6.07, 6.45) is 1.92. The van der Waals surface area contributed by atoms with Crippen LogP contribution in [0.15, 0.2) is 66.7 Å². The molecule has 0 unspecified atom stereocenters. The second-order valence-electron chi connectivity index (χ2n) is 8.50. The van der Waals surface area contributed by atoms with Gasteiger partial charge in [-0.2, -0.15) is 0 Å². The molecule has 0 aliphatic rings. The van der Waals surface area contributed by atoms with Crippen LogP contribution in [-0.4, -0.2) is 27.0 Å². The molecular weight excluding hydrogens is 462 g/mol. The Hall–Kier alpha value is -3.77. The van der Waals surface area contributed by atoms with Gasteiger partial charge in [0.15, 0.2) is 0 Å². The molecule has 0 aliphatic heterocycles. The fourth-order valence-corrected chi connectivity index (χ4v) is 3.93. The Morgan fingerprint density at radius 1 is 0.914 bits per heavy atom. The summed E-state index contributed by atoms with van der Waals surface area (Å²) in [7, 11) is 0. The summed E-state index contributed by atoms with van der Waals surface area (Å²) in [6, 6.07) is 20.7. The molecule has 6 nitrogen and oxygen atoms in total. The van der Waals surface area contributed by atoms with Crippen LogP contribution in [0.5, 0.6) is 0 Å². The number of hydrogen-bond acceptors (Lipinski definition) is 4. The minimum Gasteiger partial charge on any atom is -0.481 e. The molecule has 0 aliphatic carbocycles. The fraction of sp³-hybridized carbons (Fsp3) is 0.214. The number of aryl methyl sites for hydroxylation is 2. The SMILES string of the molecule is Cc1ccc(CNC(=O)c2ccc3nc(-c4ccc(Cl)cc4)c(CCCCC(=O)O)nc3c2)cc1. The number of amides is 1. The Morgan fingerprint density at radius 3 is 2.37 bits per heavy atom. The van der Waals surface area contributed by atoms with E-state index in [9.17, 15) is 9.59 Å². The number of benzene rings is 3. The summed E-state index contributed by atoms with van der Waals surface area (Å²) in [5, 5.41) is 12.5. The number of carbonyl (C=O) groups is 2. The van der Waals surface area contributed by atoms with E-state index in [1.165, 1.54) is 5.56 Å². The third-order valence-electron chi connectivity index (χ3n) is 5.74. The zero-order valence-corrected chi connectivity index (χ0v) is 20.2. The van der Waals surface area contributed by atoms with E-state index in [0.717, 1.165) is 22.5 Å². The van der Waals surface area contributed by atoms with E-state index in [1.54, 1.807) is 30.3 Å². The van der Waals surface area contributed by atoms with Crippen LogP contribution in [0, 0.1) is 6.92 Å². The third kappa shape index (κ3) is 6.43. The van der Waals surface area contributed by atoms with Gasteiger partial charge in [0.2, 0.25) is 0 Å². The summed E-state index contributed by atoms with van der Waals surface area (Å²) in [6.45, 7) is 2.46. The van der Waals surface area contributed by atoms with Gasteiger partial charge in [0.1, 0.15) is 0 Å². The number of nitrogens with one attached hydrogen (secondary N) is 1.